The van der Waals surface area contributed by atoms with Crippen molar-refractivity contribution in [1.29, 1.82) is 0 Å². The Morgan fingerprint density at radius 3 is 1.82 bits per heavy atom. The standard InChI is InChI=1S/C28H26O5/c1-32-26(29)23-18-22(19-12-6-3-7-13-19)24(20-14-8-4-9-15-20)25(27(30)33-2)28(23,31)21-16-10-5-11-17-21/h3-18,23-25,31H,1-2H3/t23-,24-,25-,28-/m1/s1. The molecular formula is C28H26O5. The summed E-state index contributed by atoms with van der Waals surface area (Å²) in [6.07, 6.45) is 1.74. The first-order valence-electron chi connectivity index (χ1n) is 10.8. The maximum absolute atomic E-state index is 13.4. The van der Waals surface area contributed by atoms with Crippen LogP contribution in [0.2, 0.25) is 0 Å². The fraction of sp³-hybridized carbons (Fsp3) is 0.214. The molecule has 4 rings (SSSR count). The molecule has 0 aromatic heterocycles. The minimum Gasteiger partial charge on any atom is -0.469 e. The van der Waals surface area contributed by atoms with Gasteiger partial charge in [0, 0.05) is 5.92 Å². The molecule has 1 aliphatic rings. The van der Waals surface area contributed by atoms with Gasteiger partial charge in [0.2, 0.25) is 0 Å². The Morgan fingerprint density at radius 1 is 0.758 bits per heavy atom. The van der Waals surface area contributed by atoms with Crippen LogP contribution in [0.4, 0.5) is 0 Å². The monoisotopic (exact) mass is 442 g/mol. The molecule has 168 valence electrons. The van der Waals surface area contributed by atoms with E-state index in [1.807, 2.05) is 66.7 Å². The first-order chi connectivity index (χ1) is 16.0. The van der Waals surface area contributed by atoms with E-state index in [9.17, 15) is 14.7 Å². The quantitative estimate of drug-likeness (QED) is 0.596. The molecule has 5 nitrogen and oxygen atoms in total. The average Bonchev–Trinajstić information content (AvgIpc) is 2.89. The number of ether oxygens (including phenoxy) is 2. The van der Waals surface area contributed by atoms with Crippen molar-refractivity contribution in [2.75, 3.05) is 14.2 Å². The second-order valence-electron chi connectivity index (χ2n) is 8.07. The Bertz CT molecular complexity index is 1140. The Morgan fingerprint density at radius 2 is 1.27 bits per heavy atom. The number of benzene rings is 3. The number of esters is 2. The zero-order chi connectivity index (χ0) is 23.4. The van der Waals surface area contributed by atoms with Crippen molar-refractivity contribution < 1.29 is 24.2 Å². The van der Waals surface area contributed by atoms with Gasteiger partial charge in [0.25, 0.3) is 0 Å². The van der Waals surface area contributed by atoms with Gasteiger partial charge in [-0.25, -0.2) is 0 Å². The average molecular weight is 443 g/mol. The topological polar surface area (TPSA) is 72.8 Å². The van der Waals surface area contributed by atoms with E-state index >= 15 is 0 Å². The highest BCUT2D eigenvalue weighted by Crippen LogP contribution is 2.54. The molecule has 33 heavy (non-hydrogen) atoms. The van der Waals surface area contributed by atoms with E-state index < -0.39 is 35.3 Å². The molecule has 0 bridgehead atoms. The summed E-state index contributed by atoms with van der Waals surface area (Å²) >= 11 is 0. The number of aliphatic hydroxyl groups is 1. The molecule has 0 heterocycles. The smallest absolute Gasteiger partial charge is 0.315 e. The Hall–Kier alpha value is -3.70. The van der Waals surface area contributed by atoms with E-state index in [0.717, 1.165) is 16.7 Å². The molecule has 0 saturated carbocycles. The first-order valence-corrected chi connectivity index (χ1v) is 10.8. The zero-order valence-corrected chi connectivity index (χ0v) is 18.5. The second-order valence-corrected chi connectivity index (χ2v) is 8.07. The van der Waals surface area contributed by atoms with E-state index in [-0.39, 0.29) is 0 Å². The number of hydrogen-bond donors (Lipinski definition) is 1. The highest BCUT2D eigenvalue weighted by molar-refractivity contribution is 5.90. The summed E-state index contributed by atoms with van der Waals surface area (Å²) in [6.45, 7) is 0. The largest absolute Gasteiger partial charge is 0.469 e. The van der Waals surface area contributed by atoms with Gasteiger partial charge in [-0.2, -0.15) is 0 Å². The predicted molar refractivity (Wildman–Crippen MR) is 125 cm³/mol. The Balaban J connectivity index is 2.07. The molecule has 0 fully saturated rings. The van der Waals surface area contributed by atoms with Crippen LogP contribution in [0.5, 0.6) is 0 Å². The van der Waals surface area contributed by atoms with Gasteiger partial charge in [-0.1, -0.05) is 97.1 Å². The molecule has 0 spiro atoms. The van der Waals surface area contributed by atoms with Gasteiger partial charge in [0.1, 0.15) is 17.4 Å². The van der Waals surface area contributed by atoms with Gasteiger partial charge in [0.05, 0.1) is 14.2 Å². The third-order valence-corrected chi connectivity index (χ3v) is 6.38. The predicted octanol–water partition coefficient (Wildman–Crippen LogP) is 4.33. The van der Waals surface area contributed by atoms with E-state index in [4.69, 9.17) is 9.47 Å². The highest BCUT2D eigenvalue weighted by Gasteiger charge is 2.58. The number of carbonyl (C=O) groups is 2. The number of rotatable bonds is 5. The van der Waals surface area contributed by atoms with E-state index in [2.05, 4.69) is 0 Å². The van der Waals surface area contributed by atoms with Crippen molar-refractivity contribution in [1.82, 2.24) is 0 Å². The van der Waals surface area contributed by atoms with Gasteiger partial charge < -0.3 is 14.6 Å². The fourth-order valence-electron chi connectivity index (χ4n) is 4.86. The van der Waals surface area contributed by atoms with E-state index in [1.54, 1.807) is 30.3 Å². The van der Waals surface area contributed by atoms with Crippen LogP contribution in [0.1, 0.15) is 22.6 Å². The van der Waals surface area contributed by atoms with Gasteiger partial charge >= 0.3 is 11.9 Å². The molecule has 0 aliphatic heterocycles. The number of carbonyl (C=O) groups excluding carboxylic acids is 2. The molecular weight excluding hydrogens is 416 g/mol. The molecule has 0 saturated heterocycles. The van der Waals surface area contributed by atoms with Crippen molar-refractivity contribution in [2.45, 2.75) is 11.5 Å². The maximum Gasteiger partial charge on any atom is 0.315 e. The van der Waals surface area contributed by atoms with Crippen molar-refractivity contribution in [3.05, 3.63) is 114 Å². The van der Waals surface area contributed by atoms with Crippen LogP contribution in [0, 0.1) is 11.8 Å². The fourth-order valence-corrected chi connectivity index (χ4v) is 4.86. The third kappa shape index (κ3) is 3.96. The molecule has 3 aromatic rings. The lowest BCUT2D eigenvalue weighted by Crippen LogP contribution is -2.53. The highest BCUT2D eigenvalue weighted by atomic mass is 16.5. The summed E-state index contributed by atoms with van der Waals surface area (Å²) in [5.41, 5.74) is 0.999. The van der Waals surface area contributed by atoms with Crippen molar-refractivity contribution in [3.8, 4) is 0 Å². The molecule has 0 unspecified atom stereocenters. The number of methoxy groups -OCH3 is 2. The van der Waals surface area contributed by atoms with Crippen molar-refractivity contribution in [3.63, 3.8) is 0 Å². The minimum atomic E-state index is -1.89. The molecule has 0 radical (unpaired) electrons. The SMILES string of the molecule is COC(=O)[C@H]1C=C(c2ccccc2)[C@@H](c2ccccc2)[C@H](C(=O)OC)[C@@]1(O)c1ccccc1. The van der Waals surface area contributed by atoms with Crippen LogP contribution in [0.25, 0.3) is 5.57 Å². The summed E-state index contributed by atoms with van der Waals surface area (Å²) in [6, 6.07) is 27.9. The van der Waals surface area contributed by atoms with Crippen LogP contribution in [0.15, 0.2) is 97.1 Å². The summed E-state index contributed by atoms with van der Waals surface area (Å²) < 4.78 is 10.3. The third-order valence-electron chi connectivity index (χ3n) is 6.38. The van der Waals surface area contributed by atoms with Gasteiger partial charge in [0.15, 0.2) is 0 Å². The van der Waals surface area contributed by atoms with Gasteiger partial charge in [-0.3, -0.25) is 9.59 Å². The lowest BCUT2D eigenvalue weighted by atomic mass is 9.59. The van der Waals surface area contributed by atoms with Crippen LogP contribution in [-0.2, 0) is 24.7 Å². The summed E-state index contributed by atoms with van der Waals surface area (Å²) in [7, 11) is 2.57. The zero-order valence-electron chi connectivity index (χ0n) is 18.5. The molecule has 0 amide bonds. The summed E-state index contributed by atoms with van der Waals surface area (Å²) in [4.78, 5) is 26.5. The molecule has 3 aromatic carbocycles. The van der Waals surface area contributed by atoms with Gasteiger partial charge in [-0.15, -0.1) is 0 Å². The second kappa shape index (κ2) is 9.43. The van der Waals surface area contributed by atoms with Gasteiger partial charge in [-0.05, 0) is 22.3 Å². The molecule has 1 N–H and O–H groups in total. The first kappa shape index (κ1) is 22.5. The number of hydrogen-bond acceptors (Lipinski definition) is 5. The summed E-state index contributed by atoms with van der Waals surface area (Å²) in [5, 5.41) is 12.3. The lowest BCUT2D eigenvalue weighted by Gasteiger charge is -2.47. The van der Waals surface area contributed by atoms with Crippen LogP contribution < -0.4 is 0 Å². The van der Waals surface area contributed by atoms with Crippen molar-refractivity contribution in [2.24, 2.45) is 11.8 Å². The minimum absolute atomic E-state index is 0.445. The lowest BCUT2D eigenvalue weighted by molar-refractivity contribution is -0.172. The van der Waals surface area contributed by atoms with E-state index in [0.29, 0.717) is 5.56 Å². The number of allylic oxidation sites excluding steroid dienone is 1. The van der Waals surface area contributed by atoms with E-state index in [1.165, 1.54) is 14.2 Å². The van der Waals surface area contributed by atoms with Crippen LogP contribution in [0.3, 0.4) is 0 Å². The molecule has 5 heteroatoms. The van der Waals surface area contributed by atoms with Crippen LogP contribution in [-0.4, -0.2) is 31.3 Å². The molecule has 1 aliphatic carbocycles. The Kier molecular flexibility index (Phi) is 6.43. The van der Waals surface area contributed by atoms with Crippen molar-refractivity contribution >= 4 is 17.5 Å². The maximum atomic E-state index is 13.4. The summed E-state index contributed by atoms with van der Waals surface area (Å²) in [5.74, 6) is -4.02. The Labute approximate surface area is 193 Å². The normalized spacial score (nSPS) is 24.5. The van der Waals surface area contributed by atoms with Crippen LogP contribution >= 0.6 is 0 Å². The molecule has 4 atom stereocenters.